The summed E-state index contributed by atoms with van der Waals surface area (Å²) in [7, 11) is 4.16. The van der Waals surface area contributed by atoms with Gasteiger partial charge in [0.05, 0.1) is 5.69 Å². The number of ether oxygens (including phenoxy) is 1. The van der Waals surface area contributed by atoms with Crippen LogP contribution in [0.25, 0.3) is 0 Å². The van der Waals surface area contributed by atoms with Crippen molar-refractivity contribution >= 4 is 5.69 Å². The third-order valence-electron chi connectivity index (χ3n) is 3.65. The summed E-state index contributed by atoms with van der Waals surface area (Å²) in [6, 6.07) is 14.7. The number of anilines is 1. The van der Waals surface area contributed by atoms with Crippen LogP contribution in [-0.2, 0) is 6.61 Å². The summed E-state index contributed by atoms with van der Waals surface area (Å²) in [5, 5.41) is 0. The van der Waals surface area contributed by atoms with Crippen LogP contribution in [0.15, 0.2) is 42.5 Å². The van der Waals surface area contributed by atoms with E-state index < -0.39 is 0 Å². The van der Waals surface area contributed by atoms with Gasteiger partial charge in [0.2, 0.25) is 0 Å². The van der Waals surface area contributed by atoms with Crippen LogP contribution in [0.2, 0.25) is 0 Å². The molecule has 0 unspecified atom stereocenters. The quantitative estimate of drug-likeness (QED) is 0.784. The molecule has 0 atom stereocenters. The molecule has 2 aromatic carbocycles. The monoisotopic (exact) mass is 283 g/mol. The highest BCUT2D eigenvalue weighted by Gasteiger charge is 2.16. The smallest absolute Gasteiger partial charge is 0.146 e. The van der Waals surface area contributed by atoms with Gasteiger partial charge in [-0.05, 0) is 29.5 Å². The van der Waals surface area contributed by atoms with Gasteiger partial charge in [0, 0.05) is 14.1 Å². The lowest BCUT2D eigenvalue weighted by atomic mass is 9.98. The Morgan fingerprint density at radius 3 is 2.24 bits per heavy atom. The van der Waals surface area contributed by atoms with Crippen LogP contribution in [0.5, 0.6) is 5.75 Å². The summed E-state index contributed by atoms with van der Waals surface area (Å²) < 4.78 is 6.16. The minimum atomic E-state index is 0.474. The molecule has 0 saturated heterocycles. The van der Waals surface area contributed by atoms with Gasteiger partial charge in [0.25, 0.3) is 0 Å². The number of benzene rings is 2. The fourth-order valence-corrected chi connectivity index (χ4v) is 2.53. The zero-order valence-electron chi connectivity index (χ0n) is 13.7. The van der Waals surface area contributed by atoms with E-state index in [9.17, 15) is 0 Å². The van der Waals surface area contributed by atoms with Gasteiger partial charge in [0.15, 0.2) is 0 Å². The van der Waals surface area contributed by atoms with Gasteiger partial charge in [-0.1, -0.05) is 56.3 Å². The number of hydrogen-bond donors (Lipinski definition) is 0. The second kappa shape index (κ2) is 6.66. The summed E-state index contributed by atoms with van der Waals surface area (Å²) in [6.45, 7) is 7.15. The lowest BCUT2D eigenvalue weighted by molar-refractivity contribution is 0.304. The molecule has 112 valence electrons. The lowest BCUT2D eigenvalue weighted by Crippen LogP contribution is -2.15. The van der Waals surface area contributed by atoms with Crippen LogP contribution < -0.4 is 9.64 Å². The molecule has 0 fully saturated rings. The van der Waals surface area contributed by atoms with E-state index in [1.165, 1.54) is 22.4 Å². The average Bonchev–Trinajstić information content (AvgIpc) is 2.46. The Kier molecular flexibility index (Phi) is 4.89. The predicted molar refractivity (Wildman–Crippen MR) is 90.4 cm³/mol. The zero-order valence-corrected chi connectivity index (χ0v) is 13.7. The molecule has 0 aromatic heterocycles. The molecule has 2 rings (SSSR count). The van der Waals surface area contributed by atoms with Crippen molar-refractivity contribution in [1.82, 2.24) is 0 Å². The Morgan fingerprint density at radius 2 is 1.67 bits per heavy atom. The number of aryl methyl sites for hydroxylation is 1. The number of nitrogens with zero attached hydrogens (tertiary/aromatic N) is 1. The molecule has 0 saturated carbocycles. The van der Waals surface area contributed by atoms with Gasteiger partial charge in [-0.25, -0.2) is 0 Å². The van der Waals surface area contributed by atoms with Crippen molar-refractivity contribution in [2.24, 2.45) is 0 Å². The highest BCUT2D eigenvalue weighted by Crippen LogP contribution is 2.38. The summed E-state index contributed by atoms with van der Waals surface area (Å²) in [4.78, 5) is 2.16. The van der Waals surface area contributed by atoms with E-state index in [-0.39, 0.29) is 0 Å². The molecular weight excluding hydrogens is 258 g/mol. The first kappa shape index (κ1) is 15.4. The second-order valence-corrected chi connectivity index (χ2v) is 5.97. The van der Waals surface area contributed by atoms with E-state index in [1.54, 1.807) is 0 Å². The fraction of sp³-hybridized carbons (Fsp3) is 0.368. The van der Waals surface area contributed by atoms with Crippen LogP contribution in [0.1, 0.15) is 36.5 Å². The van der Waals surface area contributed by atoms with Crippen molar-refractivity contribution in [3.63, 3.8) is 0 Å². The summed E-state index contributed by atoms with van der Waals surface area (Å²) in [5.41, 5.74) is 4.89. The Morgan fingerprint density at radius 1 is 1.00 bits per heavy atom. The highest BCUT2D eigenvalue weighted by atomic mass is 16.5. The molecule has 2 nitrogen and oxygen atoms in total. The van der Waals surface area contributed by atoms with Gasteiger partial charge in [-0.2, -0.15) is 0 Å². The third-order valence-corrected chi connectivity index (χ3v) is 3.65. The minimum absolute atomic E-state index is 0.474. The minimum Gasteiger partial charge on any atom is -0.486 e. The average molecular weight is 283 g/mol. The van der Waals surface area contributed by atoms with Crippen molar-refractivity contribution in [3.05, 3.63) is 59.2 Å². The molecule has 0 radical (unpaired) electrons. The van der Waals surface area contributed by atoms with E-state index in [2.05, 4.69) is 64.0 Å². The standard InChI is InChI=1S/C19H25NO/c1-14(2)17-12-11-15(3)19(18(17)20(4)5)21-13-16-9-7-6-8-10-16/h6-12,14H,13H2,1-5H3. The van der Waals surface area contributed by atoms with Gasteiger partial charge >= 0.3 is 0 Å². The molecule has 0 aliphatic heterocycles. The first-order valence-corrected chi connectivity index (χ1v) is 7.48. The fourth-order valence-electron chi connectivity index (χ4n) is 2.53. The molecule has 2 aromatic rings. The molecular formula is C19H25NO. The van der Waals surface area contributed by atoms with Gasteiger partial charge < -0.3 is 9.64 Å². The first-order chi connectivity index (χ1) is 10.0. The van der Waals surface area contributed by atoms with Gasteiger partial charge in [-0.15, -0.1) is 0 Å². The van der Waals surface area contributed by atoms with Crippen molar-refractivity contribution in [1.29, 1.82) is 0 Å². The molecule has 21 heavy (non-hydrogen) atoms. The summed E-state index contributed by atoms with van der Waals surface area (Å²) >= 11 is 0. The van der Waals surface area contributed by atoms with Crippen molar-refractivity contribution in [3.8, 4) is 5.75 Å². The third kappa shape index (κ3) is 3.57. The normalized spacial score (nSPS) is 10.8. The summed E-state index contributed by atoms with van der Waals surface area (Å²) in [5.74, 6) is 1.47. The first-order valence-electron chi connectivity index (χ1n) is 7.48. The van der Waals surface area contributed by atoms with Crippen molar-refractivity contribution in [2.45, 2.75) is 33.3 Å². The summed E-state index contributed by atoms with van der Waals surface area (Å²) in [6.07, 6.45) is 0. The zero-order chi connectivity index (χ0) is 15.4. The molecule has 0 aliphatic rings. The predicted octanol–water partition coefficient (Wildman–Crippen LogP) is 4.76. The van der Waals surface area contributed by atoms with E-state index >= 15 is 0 Å². The molecule has 0 aliphatic carbocycles. The maximum atomic E-state index is 6.16. The molecule has 0 heterocycles. The van der Waals surface area contributed by atoms with Crippen LogP contribution in [0.3, 0.4) is 0 Å². The highest BCUT2D eigenvalue weighted by molar-refractivity contribution is 5.67. The van der Waals surface area contributed by atoms with Crippen LogP contribution in [0.4, 0.5) is 5.69 Å². The molecule has 2 heteroatoms. The van der Waals surface area contributed by atoms with Gasteiger partial charge in [0.1, 0.15) is 12.4 Å². The van der Waals surface area contributed by atoms with Crippen molar-refractivity contribution < 1.29 is 4.74 Å². The van der Waals surface area contributed by atoms with Crippen molar-refractivity contribution in [2.75, 3.05) is 19.0 Å². The Labute approximate surface area is 128 Å². The Bertz CT molecular complexity index is 588. The molecule has 0 bridgehead atoms. The lowest BCUT2D eigenvalue weighted by Gasteiger charge is -2.25. The van der Waals surface area contributed by atoms with Crippen LogP contribution >= 0.6 is 0 Å². The van der Waals surface area contributed by atoms with E-state index in [0.29, 0.717) is 12.5 Å². The van der Waals surface area contributed by atoms with Crippen LogP contribution in [0, 0.1) is 6.92 Å². The molecule has 0 amide bonds. The topological polar surface area (TPSA) is 12.5 Å². The molecule has 0 N–H and O–H groups in total. The maximum absolute atomic E-state index is 6.16. The maximum Gasteiger partial charge on any atom is 0.146 e. The number of rotatable bonds is 5. The Balaban J connectivity index is 2.35. The second-order valence-electron chi connectivity index (χ2n) is 5.97. The van der Waals surface area contributed by atoms with Gasteiger partial charge in [-0.3, -0.25) is 0 Å². The van der Waals surface area contributed by atoms with E-state index in [0.717, 1.165) is 5.75 Å². The largest absolute Gasteiger partial charge is 0.486 e. The molecule has 0 spiro atoms. The van der Waals surface area contributed by atoms with E-state index in [1.807, 2.05) is 18.2 Å². The van der Waals surface area contributed by atoms with Crippen LogP contribution in [-0.4, -0.2) is 14.1 Å². The SMILES string of the molecule is Cc1ccc(C(C)C)c(N(C)C)c1OCc1ccccc1. The van der Waals surface area contributed by atoms with E-state index in [4.69, 9.17) is 4.74 Å². The Hall–Kier alpha value is -1.96. The number of hydrogen-bond acceptors (Lipinski definition) is 2.